The summed E-state index contributed by atoms with van der Waals surface area (Å²) < 4.78 is 25.6. The molecule has 0 amide bonds. The molecule has 1 saturated heterocycles. The molecule has 1 aliphatic heterocycles. The maximum Gasteiger partial charge on any atom is 0.151 e. The van der Waals surface area contributed by atoms with Crippen molar-refractivity contribution in [1.29, 1.82) is 0 Å². The normalized spacial score (nSPS) is 20.2. The van der Waals surface area contributed by atoms with Gasteiger partial charge in [0.15, 0.2) is 6.10 Å². The number of unbranched alkanes of at least 4 members (excludes halogenated alkanes) is 4. The highest BCUT2D eigenvalue weighted by Gasteiger charge is 2.43. The predicted molar refractivity (Wildman–Crippen MR) is 148 cm³/mol. The van der Waals surface area contributed by atoms with Crippen molar-refractivity contribution in [2.24, 2.45) is 0 Å². The predicted octanol–water partition coefficient (Wildman–Crippen LogP) is 7.63. The number of rotatable bonds is 15. The summed E-state index contributed by atoms with van der Waals surface area (Å²) in [7, 11) is 0. The molecule has 1 aliphatic rings. The number of ether oxygens (including phenoxy) is 4. The summed E-state index contributed by atoms with van der Waals surface area (Å²) >= 11 is 0. The van der Waals surface area contributed by atoms with Crippen molar-refractivity contribution < 1.29 is 18.9 Å². The Hall–Kier alpha value is -2.92. The first-order chi connectivity index (χ1) is 18.3. The van der Waals surface area contributed by atoms with Crippen molar-refractivity contribution in [3.8, 4) is 0 Å². The average molecular weight is 501 g/mol. The molecule has 1 fully saturated rings. The van der Waals surface area contributed by atoms with Gasteiger partial charge in [-0.25, -0.2) is 0 Å². The molecule has 0 aromatic heterocycles. The Bertz CT molecular complexity index is 1040. The van der Waals surface area contributed by atoms with Crippen LogP contribution in [0.2, 0.25) is 0 Å². The maximum absolute atomic E-state index is 6.51. The molecule has 0 radical (unpaired) electrons. The molecule has 196 valence electrons. The van der Waals surface area contributed by atoms with Gasteiger partial charge in [-0.3, -0.25) is 0 Å². The lowest BCUT2D eigenvalue weighted by Gasteiger charge is -2.23. The molecule has 3 aromatic rings. The molecule has 4 heteroatoms. The first kappa shape index (κ1) is 27.1. The van der Waals surface area contributed by atoms with Crippen molar-refractivity contribution in [3.63, 3.8) is 0 Å². The van der Waals surface area contributed by atoms with E-state index >= 15 is 0 Å². The Morgan fingerprint density at radius 1 is 0.676 bits per heavy atom. The number of allylic oxidation sites excluding steroid dienone is 1. The Morgan fingerprint density at radius 3 is 1.84 bits per heavy atom. The van der Waals surface area contributed by atoms with Crippen LogP contribution in [0.3, 0.4) is 0 Å². The second-order valence-electron chi connectivity index (χ2n) is 9.59. The Morgan fingerprint density at radius 2 is 1.24 bits per heavy atom. The Balaban J connectivity index is 1.47. The van der Waals surface area contributed by atoms with Gasteiger partial charge in [0.1, 0.15) is 18.0 Å². The summed E-state index contributed by atoms with van der Waals surface area (Å²) in [6, 6.07) is 30.8. The van der Waals surface area contributed by atoms with Crippen LogP contribution in [-0.4, -0.2) is 24.9 Å². The van der Waals surface area contributed by atoms with Crippen LogP contribution in [0.5, 0.6) is 0 Å². The fraction of sp³-hybridized carbons (Fsp3) is 0.394. The number of benzene rings is 3. The van der Waals surface area contributed by atoms with Crippen LogP contribution < -0.4 is 0 Å². The summed E-state index contributed by atoms with van der Waals surface area (Å²) in [5.74, 6) is 0.874. The molecule has 0 bridgehead atoms. The van der Waals surface area contributed by atoms with E-state index in [1.807, 2.05) is 54.6 Å². The first-order valence-corrected chi connectivity index (χ1v) is 13.6. The molecule has 0 saturated carbocycles. The third-order valence-electron chi connectivity index (χ3n) is 6.59. The van der Waals surface area contributed by atoms with E-state index in [0.29, 0.717) is 26.4 Å². The molecule has 0 N–H and O–H groups in total. The van der Waals surface area contributed by atoms with Gasteiger partial charge in [0.05, 0.1) is 26.4 Å². The van der Waals surface area contributed by atoms with Crippen LogP contribution in [0.4, 0.5) is 0 Å². The molecule has 0 spiro atoms. The minimum atomic E-state index is -0.277. The zero-order valence-electron chi connectivity index (χ0n) is 22.0. The fourth-order valence-corrected chi connectivity index (χ4v) is 4.54. The SMILES string of the molecule is CCCCCC/C=C1/O[C@H](COCc2ccccc2)[C@@H](OCc2ccccc2)[C@@H]1OCc1ccccc1. The van der Waals surface area contributed by atoms with E-state index < -0.39 is 0 Å². The van der Waals surface area contributed by atoms with Gasteiger partial charge in [0.25, 0.3) is 0 Å². The zero-order valence-corrected chi connectivity index (χ0v) is 22.0. The zero-order chi connectivity index (χ0) is 25.5. The minimum absolute atomic E-state index is 0.241. The van der Waals surface area contributed by atoms with Crippen LogP contribution in [-0.2, 0) is 38.8 Å². The average Bonchev–Trinajstić information content (AvgIpc) is 3.28. The second kappa shape index (κ2) is 15.4. The third-order valence-corrected chi connectivity index (χ3v) is 6.59. The summed E-state index contributed by atoms with van der Waals surface area (Å²) in [5.41, 5.74) is 3.41. The van der Waals surface area contributed by atoms with Gasteiger partial charge in [-0.2, -0.15) is 0 Å². The van der Waals surface area contributed by atoms with Crippen molar-refractivity contribution in [1.82, 2.24) is 0 Å². The monoisotopic (exact) mass is 500 g/mol. The number of hydrogen-bond donors (Lipinski definition) is 0. The lowest BCUT2D eigenvalue weighted by Crippen LogP contribution is -2.37. The van der Waals surface area contributed by atoms with E-state index in [0.717, 1.165) is 35.3 Å². The third kappa shape index (κ3) is 8.85. The second-order valence-corrected chi connectivity index (χ2v) is 9.59. The molecular weight excluding hydrogens is 460 g/mol. The lowest BCUT2D eigenvalue weighted by atomic mass is 10.1. The molecule has 37 heavy (non-hydrogen) atoms. The Kier molecular flexibility index (Phi) is 11.3. The summed E-state index contributed by atoms with van der Waals surface area (Å²) in [4.78, 5) is 0. The maximum atomic E-state index is 6.51. The van der Waals surface area contributed by atoms with Crippen LogP contribution in [0.15, 0.2) is 103 Å². The lowest BCUT2D eigenvalue weighted by molar-refractivity contribution is -0.0894. The molecule has 0 aliphatic carbocycles. The van der Waals surface area contributed by atoms with E-state index in [4.69, 9.17) is 18.9 Å². The highest BCUT2D eigenvalue weighted by Crippen LogP contribution is 2.32. The molecule has 4 nitrogen and oxygen atoms in total. The van der Waals surface area contributed by atoms with Gasteiger partial charge < -0.3 is 18.9 Å². The molecule has 3 aromatic carbocycles. The van der Waals surface area contributed by atoms with Gasteiger partial charge >= 0.3 is 0 Å². The van der Waals surface area contributed by atoms with Gasteiger partial charge in [0.2, 0.25) is 0 Å². The van der Waals surface area contributed by atoms with Gasteiger partial charge in [-0.15, -0.1) is 0 Å². The molecule has 0 unspecified atom stereocenters. The topological polar surface area (TPSA) is 36.9 Å². The molecular formula is C33H40O4. The summed E-state index contributed by atoms with van der Waals surface area (Å²) in [6.07, 6.45) is 7.27. The largest absolute Gasteiger partial charge is 0.487 e. The van der Waals surface area contributed by atoms with E-state index in [1.165, 1.54) is 19.3 Å². The van der Waals surface area contributed by atoms with Crippen molar-refractivity contribution >= 4 is 0 Å². The van der Waals surface area contributed by atoms with Crippen molar-refractivity contribution in [2.75, 3.05) is 6.61 Å². The van der Waals surface area contributed by atoms with E-state index in [2.05, 4.69) is 49.4 Å². The minimum Gasteiger partial charge on any atom is -0.487 e. The fourth-order valence-electron chi connectivity index (χ4n) is 4.54. The Labute approximate surface area is 222 Å². The van der Waals surface area contributed by atoms with Gasteiger partial charge in [-0.05, 0) is 35.6 Å². The van der Waals surface area contributed by atoms with Crippen LogP contribution in [0.1, 0.15) is 55.7 Å². The van der Waals surface area contributed by atoms with Crippen LogP contribution >= 0.6 is 0 Å². The van der Waals surface area contributed by atoms with Crippen molar-refractivity contribution in [3.05, 3.63) is 120 Å². The highest BCUT2D eigenvalue weighted by molar-refractivity contribution is 5.17. The van der Waals surface area contributed by atoms with E-state index in [1.54, 1.807) is 0 Å². The molecule has 4 rings (SSSR count). The van der Waals surface area contributed by atoms with Crippen molar-refractivity contribution in [2.45, 2.75) is 77.2 Å². The standard InChI is InChI=1S/C33H40O4/c1-2-3-4-5-15-22-30-32(35-24-28-18-11-7-12-19-28)33(36-25-29-20-13-8-14-21-29)31(37-30)26-34-23-27-16-9-6-10-17-27/h6-14,16-22,31-33H,2-5,15,23-26H2,1H3/b30-22+/t31-,32-,33-/m1/s1. The van der Waals surface area contributed by atoms with E-state index in [9.17, 15) is 0 Å². The highest BCUT2D eigenvalue weighted by atomic mass is 16.6. The molecule has 3 atom stereocenters. The van der Waals surface area contributed by atoms with Crippen LogP contribution in [0.25, 0.3) is 0 Å². The van der Waals surface area contributed by atoms with Crippen LogP contribution in [0, 0.1) is 0 Å². The summed E-state index contributed by atoms with van der Waals surface area (Å²) in [5, 5.41) is 0. The number of hydrogen-bond acceptors (Lipinski definition) is 4. The molecule has 1 heterocycles. The van der Waals surface area contributed by atoms with E-state index in [-0.39, 0.29) is 18.3 Å². The summed E-state index contributed by atoms with van der Waals surface area (Å²) in [6.45, 7) is 4.22. The quantitative estimate of drug-likeness (QED) is 0.201. The smallest absolute Gasteiger partial charge is 0.151 e. The van der Waals surface area contributed by atoms with Gasteiger partial charge in [-0.1, -0.05) is 117 Å². The van der Waals surface area contributed by atoms with Gasteiger partial charge in [0, 0.05) is 0 Å². The first-order valence-electron chi connectivity index (χ1n) is 13.6.